The number of rotatable bonds is 7. The summed E-state index contributed by atoms with van der Waals surface area (Å²) in [6.45, 7) is 2.48. The summed E-state index contributed by atoms with van der Waals surface area (Å²) in [4.78, 5) is 0. The van der Waals surface area contributed by atoms with Crippen molar-refractivity contribution < 1.29 is 13.9 Å². The van der Waals surface area contributed by atoms with Crippen LogP contribution < -0.4 is 5.32 Å². The topological polar surface area (TPSA) is 56.0 Å². The fourth-order valence-electron chi connectivity index (χ4n) is 1.99. The SMILES string of the molecule is CCCC(CCO)CNc1c(F)cc(C#N)cc1F. The Hall–Kier alpha value is -1.67. The second kappa shape index (κ2) is 7.70. The molecule has 0 saturated carbocycles. The van der Waals surface area contributed by atoms with Gasteiger partial charge in [0.15, 0.2) is 11.6 Å². The molecule has 0 saturated heterocycles. The average molecular weight is 268 g/mol. The van der Waals surface area contributed by atoms with Crippen LogP contribution in [-0.2, 0) is 0 Å². The lowest BCUT2D eigenvalue weighted by molar-refractivity contribution is 0.255. The normalized spacial score (nSPS) is 11.9. The van der Waals surface area contributed by atoms with Gasteiger partial charge < -0.3 is 10.4 Å². The summed E-state index contributed by atoms with van der Waals surface area (Å²) in [6.07, 6.45) is 2.43. The molecule has 0 aliphatic heterocycles. The van der Waals surface area contributed by atoms with Gasteiger partial charge in [-0.25, -0.2) is 8.78 Å². The zero-order chi connectivity index (χ0) is 14.3. The molecule has 0 heterocycles. The minimum Gasteiger partial charge on any atom is -0.396 e. The molecule has 0 aliphatic rings. The maximum atomic E-state index is 13.6. The molecule has 1 aromatic carbocycles. The number of aliphatic hydroxyl groups excluding tert-OH is 1. The molecular formula is C14H18F2N2O. The first-order valence-electron chi connectivity index (χ1n) is 6.36. The third kappa shape index (κ3) is 4.49. The molecular weight excluding hydrogens is 250 g/mol. The van der Waals surface area contributed by atoms with E-state index in [0.717, 1.165) is 25.0 Å². The highest BCUT2D eigenvalue weighted by Crippen LogP contribution is 2.22. The van der Waals surface area contributed by atoms with Gasteiger partial charge >= 0.3 is 0 Å². The van der Waals surface area contributed by atoms with Crippen LogP contribution in [0.4, 0.5) is 14.5 Å². The number of nitriles is 1. The number of nitrogens with zero attached hydrogens (tertiary/aromatic N) is 1. The van der Waals surface area contributed by atoms with E-state index in [1.54, 1.807) is 6.07 Å². The van der Waals surface area contributed by atoms with Crippen LogP contribution in [0.3, 0.4) is 0 Å². The van der Waals surface area contributed by atoms with Crippen molar-refractivity contribution >= 4 is 5.69 Å². The molecule has 3 nitrogen and oxygen atoms in total. The Labute approximate surface area is 111 Å². The Bertz CT molecular complexity index is 428. The van der Waals surface area contributed by atoms with E-state index in [2.05, 4.69) is 5.32 Å². The van der Waals surface area contributed by atoms with Gasteiger partial charge in [0, 0.05) is 13.2 Å². The van der Waals surface area contributed by atoms with Crippen molar-refractivity contribution in [2.24, 2.45) is 5.92 Å². The smallest absolute Gasteiger partial charge is 0.150 e. The molecule has 0 radical (unpaired) electrons. The number of benzene rings is 1. The molecule has 0 spiro atoms. The lowest BCUT2D eigenvalue weighted by Gasteiger charge is -2.17. The van der Waals surface area contributed by atoms with E-state index >= 15 is 0 Å². The predicted molar refractivity (Wildman–Crippen MR) is 69.7 cm³/mol. The van der Waals surface area contributed by atoms with Gasteiger partial charge in [0.2, 0.25) is 0 Å². The summed E-state index contributed by atoms with van der Waals surface area (Å²) in [5, 5.41) is 20.3. The Morgan fingerprint density at radius 3 is 2.42 bits per heavy atom. The summed E-state index contributed by atoms with van der Waals surface area (Å²) < 4.78 is 27.2. The van der Waals surface area contributed by atoms with Crippen molar-refractivity contribution in [2.75, 3.05) is 18.5 Å². The molecule has 1 atom stereocenters. The van der Waals surface area contributed by atoms with Crippen molar-refractivity contribution in [1.82, 2.24) is 0 Å². The van der Waals surface area contributed by atoms with Crippen LogP contribution in [-0.4, -0.2) is 18.3 Å². The Morgan fingerprint density at radius 2 is 1.95 bits per heavy atom. The van der Waals surface area contributed by atoms with Crippen LogP contribution in [0.5, 0.6) is 0 Å². The van der Waals surface area contributed by atoms with Crippen LogP contribution in [0.2, 0.25) is 0 Å². The average Bonchev–Trinajstić information content (AvgIpc) is 2.37. The van der Waals surface area contributed by atoms with Crippen molar-refractivity contribution in [3.05, 3.63) is 29.3 Å². The number of halogens is 2. The molecule has 0 aromatic heterocycles. The highest BCUT2D eigenvalue weighted by Gasteiger charge is 2.13. The highest BCUT2D eigenvalue weighted by atomic mass is 19.1. The Kier molecular flexibility index (Phi) is 6.23. The monoisotopic (exact) mass is 268 g/mol. The van der Waals surface area contributed by atoms with Gasteiger partial charge in [0.25, 0.3) is 0 Å². The van der Waals surface area contributed by atoms with Crippen molar-refractivity contribution in [2.45, 2.75) is 26.2 Å². The third-order valence-electron chi connectivity index (χ3n) is 2.97. The zero-order valence-corrected chi connectivity index (χ0v) is 10.9. The van der Waals surface area contributed by atoms with Crippen molar-refractivity contribution in [3.63, 3.8) is 0 Å². The van der Waals surface area contributed by atoms with Gasteiger partial charge in [-0.3, -0.25) is 0 Å². The molecule has 1 aromatic rings. The van der Waals surface area contributed by atoms with E-state index in [4.69, 9.17) is 10.4 Å². The summed E-state index contributed by atoms with van der Waals surface area (Å²) in [5.74, 6) is -1.36. The molecule has 1 rings (SSSR count). The summed E-state index contributed by atoms with van der Waals surface area (Å²) in [5.41, 5.74) is -0.251. The lowest BCUT2D eigenvalue weighted by Crippen LogP contribution is -2.17. The Balaban J connectivity index is 2.74. The lowest BCUT2D eigenvalue weighted by atomic mass is 10.00. The van der Waals surface area contributed by atoms with Gasteiger partial charge in [-0.2, -0.15) is 5.26 Å². The maximum absolute atomic E-state index is 13.6. The second-order valence-electron chi connectivity index (χ2n) is 4.47. The van der Waals surface area contributed by atoms with Crippen molar-refractivity contribution in [1.29, 1.82) is 5.26 Å². The molecule has 2 N–H and O–H groups in total. The van der Waals surface area contributed by atoms with E-state index in [0.29, 0.717) is 13.0 Å². The maximum Gasteiger partial charge on any atom is 0.150 e. The summed E-state index contributed by atoms with van der Waals surface area (Å²) in [6, 6.07) is 3.71. The zero-order valence-electron chi connectivity index (χ0n) is 10.9. The van der Waals surface area contributed by atoms with E-state index < -0.39 is 11.6 Å². The standard InChI is InChI=1S/C14H18F2N2O/c1-2-3-10(4-5-19)9-18-14-12(15)6-11(8-17)7-13(14)16/h6-7,10,18-19H,2-5,9H2,1H3. The first-order chi connectivity index (χ1) is 9.12. The first-order valence-corrected chi connectivity index (χ1v) is 6.36. The fourth-order valence-corrected chi connectivity index (χ4v) is 1.99. The predicted octanol–water partition coefficient (Wildman–Crippen LogP) is 3.05. The van der Waals surface area contributed by atoms with Gasteiger partial charge in [-0.05, 0) is 30.9 Å². The minimum absolute atomic E-state index is 0.0407. The number of nitrogens with one attached hydrogen (secondary N) is 1. The summed E-state index contributed by atoms with van der Waals surface area (Å²) in [7, 11) is 0. The quantitative estimate of drug-likeness (QED) is 0.799. The van der Waals surface area contributed by atoms with E-state index in [-0.39, 0.29) is 23.8 Å². The van der Waals surface area contributed by atoms with Gasteiger partial charge in [-0.1, -0.05) is 13.3 Å². The molecule has 1 unspecified atom stereocenters. The molecule has 0 aliphatic carbocycles. The molecule has 0 amide bonds. The van der Waals surface area contributed by atoms with Crippen molar-refractivity contribution in [3.8, 4) is 6.07 Å². The van der Waals surface area contributed by atoms with Crippen LogP contribution in [0.15, 0.2) is 12.1 Å². The van der Waals surface area contributed by atoms with Gasteiger partial charge in [-0.15, -0.1) is 0 Å². The highest BCUT2D eigenvalue weighted by molar-refractivity contribution is 5.50. The van der Waals surface area contributed by atoms with Crippen LogP contribution >= 0.6 is 0 Å². The second-order valence-corrected chi connectivity index (χ2v) is 4.47. The Morgan fingerprint density at radius 1 is 1.32 bits per heavy atom. The number of hydrogen-bond donors (Lipinski definition) is 2. The molecule has 104 valence electrons. The van der Waals surface area contributed by atoms with E-state index in [9.17, 15) is 8.78 Å². The minimum atomic E-state index is -0.768. The summed E-state index contributed by atoms with van der Waals surface area (Å²) >= 11 is 0. The van der Waals surface area contributed by atoms with Crippen LogP contribution in [0.25, 0.3) is 0 Å². The van der Waals surface area contributed by atoms with E-state index in [1.165, 1.54) is 0 Å². The molecule has 19 heavy (non-hydrogen) atoms. The van der Waals surface area contributed by atoms with Crippen LogP contribution in [0.1, 0.15) is 31.7 Å². The van der Waals surface area contributed by atoms with Gasteiger partial charge in [0.1, 0.15) is 5.69 Å². The third-order valence-corrected chi connectivity index (χ3v) is 2.97. The van der Waals surface area contributed by atoms with E-state index in [1.807, 2.05) is 6.92 Å². The molecule has 5 heteroatoms. The number of anilines is 1. The molecule has 0 fully saturated rings. The first kappa shape index (κ1) is 15.4. The number of aliphatic hydroxyl groups is 1. The number of hydrogen-bond acceptors (Lipinski definition) is 3. The van der Waals surface area contributed by atoms with Crippen LogP contribution in [0, 0.1) is 28.9 Å². The largest absolute Gasteiger partial charge is 0.396 e. The molecule has 0 bridgehead atoms. The van der Waals surface area contributed by atoms with Gasteiger partial charge in [0.05, 0.1) is 11.6 Å². The fraction of sp³-hybridized carbons (Fsp3) is 0.500.